The Bertz CT molecular complexity index is 783. The monoisotopic (exact) mass is 376 g/mol. The van der Waals surface area contributed by atoms with Crippen molar-refractivity contribution in [3.8, 4) is 17.0 Å². The van der Waals surface area contributed by atoms with Crippen LogP contribution >= 0.6 is 34.4 Å². The summed E-state index contributed by atoms with van der Waals surface area (Å²) < 4.78 is 5.15. The second-order valence-electron chi connectivity index (χ2n) is 4.89. The number of carbonyl (C=O) groups excluding carboxylic acids is 1. The van der Waals surface area contributed by atoms with Crippen molar-refractivity contribution in [1.82, 2.24) is 4.98 Å². The van der Waals surface area contributed by atoms with Crippen molar-refractivity contribution in [2.75, 3.05) is 18.2 Å². The predicted molar refractivity (Wildman–Crippen MR) is 103 cm³/mol. The third kappa shape index (κ3) is 4.59. The molecule has 0 fully saturated rings. The van der Waals surface area contributed by atoms with Gasteiger partial charge in [0.05, 0.1) is 18.6 Å². The molecule has 0 aliphatic heterocycles. The number of thioether (sulfide) groups is 1. The molecule has 1 N–H and O–H groups in total. The zero-order valence-corrected chi connectivity index (χ0v) is 15.5. The van der Waals surface area contributed by atoms with Gasteiger partial charge in [-0.05, 0) is 35.7 Å². The quantitative estimate of drug-likeness (QED) is 0.646. The van der Waals surface area contributed by atoms with Crippen LogP contribution in [-0.4, -0.2) is 23.8 Å². The molecule has 0 radical (unpaired) electrons. The number of carbonyl (C=O) groups is 1. The molecule has 24 heavy (non-hydrogen) atoms. The number of thiazole rings is 1. The van der Waals surface area contributed by atoms with Gasteiger partial charge in [0.2, 0.25) is 5.91 Å². The number of rotatable bonds is 7. The average molecular weight is 377 g/mol. The molecule has 0 bridgehead atoms. The molecule has 0 unspecified atom stereocenters. The van der Waals surface area contributed by atoms with Crippen molar-refractivity contribution < 1.29 is 9.53 Å². The van der Waals surface area contributed by atoms with E-state index in [1.165, 1.54) is 16.2 Å². The van der Waals surface area contributed by atoms with Gasteiger partial charge in [-0.2, -0.15) is 0 Å². The van der Waals surface area contributed by atoms with Gasteiger partial charge in [-0.1, -0.05) is 6.07 Å². The van der Waals surface area contributed by atoms with Crippen molar-refractivity contribution in [1.29, 1.82) is 0 Å². The lowest BCUT2D eigenvalue weighted by molar-refractivity contribution is -0.113. The number of nitrogens with zero attached hydrogens (tertiary/aromatic N) is 1. The summed E-state index contributed by atoms with van der Waals surface area (Å²) in [7, 11) is 1.64. The van der Waals surface area contributed by atoms with E-state index in [1.807, 2.05) is 41.1 Å². The number of thiophene rings is 1. The van der Waals surface area contributed by atoms with Crippen molar-refractivity contribution in [2.45, 2.75) is 5.75 Å². The van der Waals surface area contributed by atoms with Gasteiger partial charge in [-0.25, -0.2) is 4.98 Å². The lowest BCUT2D eigenvalue weighted by atomic mass is 10.2. The van der Waals surface area contributed by atoms with Crippen molar-refractivity contribution in [3.63, 3.8) is 0 Å². The predicted octanol–water partition coefficient (Wildman–Crippen LogP) is 4.75. The molecule has 3 aromatic rings. The Labute approximate surface area is 152 Å². The standard InChI is InChI=1S/C17H16N2O2S3/c1-21-13-6-4-12(5-7-13)15-10-24-17(18-15)19-16(20)11-22-9-14-3-2-8-23-14/h2-8,10H,9,11H2,1H3,(H,18,19,20). The molecule has 0 aliphatic carbocycles. The Balaban J connectivity index is 1.52. The minimum Gasteiger partial charge on any atom is -0.497 e. The SMILES string of the molecule is COc1ccc(-c2csc(NC(=O)CSCc3cccs3)n2)cc1. The Morgan fingerprint density at radius 3 is 2.79 bits per heavy atom. The largest absolute Gasteiger partial charge is 0.497 e. The van der Waals surface area contributed by atoms with Gasteiger partial charge < -0.3 is 10.1 Å². The minimum atomic E-state index is -0.0211. The Morgan fingerprint density at radius 2 is 2.08 bits per heavy atom. The molecule has 1 amide bonds. The number of nitrogens with one attached hydrogen (secondary N) is 1. The molecule has 124 valence electrons. The molecule has 0 atom stereocenters. The van der Waals surface area contributed by atoms with E-state index >= 15 is 0 Å². The summed E-state index contributed by atoms with van der Waals surface area (Å²) in [6, 6.07) is 11.8. The van der Waals surface area contributed by atoms with Crippen LogP contribution in [0.2, 0.25) is 0 Å². The molecular formula is C17H16N2O2S3. The number of benzene rings is 1. The fourth-order valence-corrected chi connectivity index (χ4v) is 4.42. The molecule has 0 spiro atoms. The van der Waals surface area contributed by atoms with E-state index < -0.39 is 0 Å². The van der Waals surface area contributed by atoms with E-state index in [0.717, 1.165) is 22.8 Å². The van der Waals surface area contributed by atoms with Crippen molar-refractivity contribution in [2.24, 2.45) is 0 Å². The number of aromatic nitrogens is 1. The Morgan fingerprint density at radius 1 is 1.25 bits per heavy atom. The van der Waals surface area contributed by atoms with Crippen LogP contribution < -0.4 is 10.1 Å². The van der Waals surface area contributed by atoms with Gasteiger partial charge >= 0.3 is 0 Å². The molecule has 1 aromatic carbocycles. The van der Waals surface area contributed by atoms with Crippen LogP contribution in [0.4, 0.5) is 5.13 Å². The fourth-order valence-electron chi connectivity index (χ4n) is 2.02. The van der Waals surface area contributed by atoms with E-state index in [0.29, 0.717) is 10.9 Å². The third-order valence-electron chi connectivity index (χ3n) is 3.19. The number of methoxy groups -OCH3 is 1. The number of amides is 1. The molecule has 2 aromatic heterocycles. The van der Waals surface area contributed by atoms with Crippen LogP contribution in [0.15, 0.2) is 47.2 Å². The molecule has 3 rings (SSSR count). The van der Waals surface area contributed by atoms with Crippen molar-refractivity contribution in [3.05, 3.63) is 52.0 Å². The zero-order valence-electron chi connectivity index (χ0n) is 13.0. The summed E-state index contributed by atoms with van der Waals surface area (Å²) in [5.41, 5.74) is 1.85. The lowest BCUT2D eigenvalue weighted by Gasteiger charge is -2.02. The van der Waals surface area contributed by atoms with Gasteiger partial charge in [0.15, 0.2) is 5.13 Å². The fraction of sp³-hybridized carbons (Fsp3) is 0.176. The molecular weight excluding hydrogens is 360 g/mol. The Kier molecular flexibility index (Phi) is 5.90. The van der Waals surface area contributed by atoms with Gasteiger partial charge in [0, 0.05) is 21.6 Å². The first kappa shape index (κ1) is 17.0. The lowest BCUT2D eigenvalue weighted by Crippen LogP contribution is -2.13. The van der Waals surface area contributed by atoms with Crippen LogP contribution in [0.1, 0.15) is 4.88 Å². The molecule has 0 saturated carbocycles. The van der Waals surface area contributed by atoms with E-state index in [2.05, 4.69) is 16.4 Å². The smallest absolute Gasteiger partial charge is 0.236 e. The van der Waals surface area contributed by atoms with Crippen LogP contribution in [0.5, 0.6) is 5.75 Å². The molecule has 7 heteroatoms. The highest BCUT2D eigenvalue weighted by molar-refractivity contribution is 7.99. The molecule has 4 nitrogen and oxygen atoms in total. The van der Waals surface area contributed by atoms with Gasteiger partial charge in [-0.3, -0.25) is 4.79 Å². The van der Waals surface area contributed by atoms with Crippen LogP contribution in [0, 0.1) is 0 Å². The van der Waals surface area contributed by atoms with Gasteiger partial charge in [-0.15, -0.1) is 34.4 Å². The minimum absolute atomic E-state index is 0.0211. The van der Waals surface area contributed by atoms with E-state index in [9.17, 15) is 4.79 Å². The Hall–Kier alpha value is -1.83. The number of ether oxygens (including phenoxy) is 1. The maximum Gasteiger partial charge on any atom is 0.236 e. The normalized spacial score (nSPS) is 10.5. The number of anilines is 1. The number of hydrogen-bond donors (Lipinski definition) is 1. The first-order chi connectivity index (χ1) is 11.7. The summed E-state index contributed by atoms with van der Waals surface area (Å²) >= 11 is 4.75. The average Bonchev–Trinajstić information content (AvgIpc) is 3.27. The summed E-state index contributed by atoms with van der Waals surface area (Å²) in [6.45, 7) is 0. The summed E-state index contributed by atoms with van der Waals surface area (Å²) in [5, 5.41) is 7.48. The summed E-state index contributed by atoms with van der Waals surface area (Å²) in [5.74, 6) is 2.08. The van der Waals surface area contributed by atoms with Crippen LogP contribution in [-0.2, 0) is 10.5 Å². The molecule has 0 aliphatic rings. The zero-order chi connectivity index (χ0) is 16.8. The highest BCUT2D eigenvalue weighted by atomic mass is 32.2. The van der Waals surface area contributed by atoms with Crippen molar-refractivity contribution >= 4 is 45.5 Å². The van der Waals surface area contributed by atoms with E-state index in [-0.39, 0.29) is 5.91 Å². The molecule has 2 heterocycles. The first-order valence-corrected chi connectivity index (χ1v) is 10.2. The van der Waals surface area contributed by atoms with Crippen LogP contribution in [0.25, 0.3) is 11.3 Å². The molecule has 0 saturated heterocycles. The number of hydrogen-bond acceptors (Lipinski definition) is 6. The topological polar surface area (TPSA) is 51.2 Å². The highest BCUT2D eigenvalue weighted by Gasteiger charge is 2.08. The van der Waals surface area contributed by atoms with E-state index in [1.54, 1.807) is 30.2 Å². The third-order valence-corrected chi connectivity index (χ3v) is 5.99. The van der Waals surface area contributed by atoms with Crippen LogP contribution in [0.3, 0.4) is 0 Å². The second-order valence-corrected chi connectivity index (χ2v) is 7.76. The van der Waals surface area contributed by atoms with Gasteiger partial charge in [0.25, 0.3) is 0 Å². The first-order valence-electron chi connectivity index (χ1n) is 7.24. The second kappa shape index (κ2) is 8.32. The van der Waals surface area contributed by atoms with E-state index in [4.69, 9.17) is 4.74 Å². The summed E-state index contributed by atoms with van der Waals surface area (Å²) in [6.07, 6.45) is 0. The van der Waals surface area contributed by atoms with Gasteiger partial charge in [0.1, 0.15) is 5.75 Å². The maximum atomic E-state index is 12.0. The summed E-state index contributed by atoms with van der Waals surface area (Å²) in [4.78, 5) is 17.7. The maximum absolute atomic E-state index is 12.0. The highest BCUT2D eigenvalue weighted by Crippen LogP contribution is 2.26.